The highest BCUT2D eigenvalue weighted by Crippen LogP contribution is 2.33. The molecule has 0 spiro atoms. The summed E-state index contributed by atoms with van der Waals surface area (Å²) in [7, 11) is 0. The van der Waals surface area contributed by atoms with Gasteiger partial charge in [-0.15, -0.1) is 0 Å². The highest BCUT2D eigenvalue weighted by molar-refractivity contribution is 5.72. The van der Waals surface area contributed by atoms with Crippen LogP contribution in [0.1, 0.15) is 25.3 Å². The number of aryl methyl sites for hydroxylation is 1. The summed E-state index contributed by atoms with van der Waals surface area (Å²) in [5, 5.41) is 4.27. The number of nitrogens with zero attached hydrogens (tertiary/aromatic N) is 2. The van der Waals surface area contributed by atoms with Crippen LogP contribution in [0.5, 0.6) is 0 Å². The summed E-state index contributed by atoms with van der Waals surface area (Å²) in [4.78, 5) is 0. The summed E-state index contributed by atoms with van der Waals surface area (Å²) in [6.07, 6.45) is -0.747. The number of aromatic nitrogens is 2. The molecule has 0 atom stereocenters. The van der Waals surface area contributed by atoms with Crippen molar-refractivity contribution in [1.82, 2.24) is 9.78 Å². The van der Waals surface area contributed by atoms with Gasteiger partial charge in [0.2, 0.25) is 0 Å². The molecule has 1 aromatic carbocycles. The van der Waals surface area contributed by atoms with E-state index in [1.807, 2.05) is 0 Å². The van der Waals surface area contributed by atoms with E-state index >= 15 is 0 Å². The first-order valence-corrected chi connectivity index (χ1v) is 6.42. The molecule has 20 heavy (non-hydrogen) atoms. The van der Waals surface area contributed by atoms with Crippen molar-refractivity contribution in [1.29, 1.82) is 0 Å². The number of halogens is 3. The van der Waals surface area contributed by atoms with Gasteiger partial charge in [-0.25, -0.2) is 0 Å². The monoisotopic (exact) mass is 283 g/mol. The van der Waals surface area contributed by atoms with E-state index < -0.39 is 11.7 Å². The molecule has 0 aliphatic heterocycles. The molecule has 1 aromatic heterocycles. The molecule has 0 aliphatic carbocycles. The van der Waals surface area contributed by atoms with E-state index in [9.17, 15) is 13.2 Å². The van der Waals surface area contributed by atoms with Crippen LogP contribution in [0.3, 0.4) is 0 Å². The standard InChI is InChI=1S/C14H16F3N3/c1-2-3-7-20-9-12(18)13(19-20)10-5-4-6-11(8-10)14(15,16)17/h4-6,8-9H,2-3,7,18H2,1H3. The lowest BCUT2D eigenvalue weighted by Gasteiger charge is -2.07. The number of hydrogen-bond donors (Lipinski definition) is 1. The number of anilines is 1. The second-order valence-corrected chi connectivity index (χ2v) is 4.63. The van der Waals surface area contributed by atoms with E-state index in [1.165, 1.54) is 6.07 Å². The average molecular weight is 283 g/mol. The van der Waals surface area contributed by atoms with Crippen LogP contribution < -0.4 is 5.73 Å². The molecular weight excluding hydrogens is 267 g/mol. The van der Waals surface area contributed by atoms with Crippen LogP contribution in [-0.4, -0.2) is 9.78 Å². The van der Waals surface area contributed by atoms with Gasteiger partial charge in [-0.05, 0) is 18.6 Å². The van der Waals surface area contributed by atoms with Gasteiger partial charge in [0.25, 0.3) is 0 Å². The van der Waals surface area contributed by atoms with Crippen molar-refractivity contribution < 1.29 is 13.2 Å². The SMILES string of the molecule is CCCCn1cc(N)c(-c2cccc(C(F)(F)F)c2)n1. The Morgan fingerprint density at radius 1 is 1.30 bits per heavy atom. The lowest BCUT2D eigenvalue weighted by molar-refractivity contribution is -0.137. The van der Waals surface area contributed by atoms with Gasteiger partial charge in [-0.2, -0.15) is 18.3 Å². The Bertz CT molecular complexity index is 588. The maximum atomic E-state index is 12.7. The molecule has 108 valence electrons. The number of nitrogens with two attached hydrogens (primary N) is 1. The Kier molecular flexibility index (Phi) is 4.01. The molecule has 3 nitrogen and oxygen atoms in total. The Morgan fingerprint density at radius 3 is 2.70 bits per heavy atom. The van der Waals surface area contributed by atoms with Gasteiger partial charge in [0, 0.05) is 18.3 Å². The van der Waals surface area contributed by atoms with Crippen molar-refractivity contribution in [2.75, 3.05) is 5.73 Å². The quantitative estimate of drug-likeness (QED) is 0.923. The zero-order chi connectivity index (χ0) is 14.8. The zero-order valence-electron chi connectivity index (χ0n) is 11.1. The topological polar surface area (TPSA) is 43.8 Å². The van der Waals surface area contributed by atoms with Crippen molar-refractivity contribution in [3.8, 4) is 11.3 Å². The number of rotatable bonds is 4. The lowest BCUT2D eigenvalue weighted by Crippen LogP contribution is -2.04. The van der Waals surface area contributed by atoms with Crippen LogP contribution in [0.2, 0.25) is 0 Å². The van der Waals surface area contributed by atoms with Gasteiger partial charge in [0.05, 0.1) is 11.3 Å². The fraction of sp³-hybridized carbons (Fsp3) is 0.357. The normalized spacial score (nSPS) is 11.8. The van der Waals surface area contributed by atoms with Crippen LogP contribution in [-0.2, 0) is 12.7 Å². The summed E-state index contributed by atoms with van der Waals surface area (Å²) in [6.45, 7) is 2.76. The first-order valence-electron chi connectivity index (χ1n) is 6.42. The molecule has 0 radical (unpaired) electrons. The number of unbranched alkanes of at least 4 members (excludes halogenated alkanes) is 1. The number of alkyl halides is 3. The summed E-state index contributed by atoms with van der Waals surface area (Å²) in [5.74, 6) is 0. The van der Waals surface area contributed by atoms with Gasteiger partial charge < -0.3 is 5.73 Å². The van der Waals surface area contributed by atoms with Crippen LogP contribution in [0.15, 0.2) is 30.5 Å². The average Bonchev–Trinajstić information content (AvgIpc) is 2.77. The molecule has 2 N–H and O–H groups in total. The van der Waals surface area contributed by atoms with Crippen LogP contribution in [0, 0.1) is 0 Å². The fourth-order valence-corrected chi connectivity index (χ4v) is 1.94. The minimum Gasteiger partial charge on any atom is -0.396 e. The second-order valence-electron chi connectivity index (χ2n) is 4.63. The molecule has 0 unspecified atom stereocenters. The van der Waals surface area contributed by atoms with Crippen molar-refractivity contribution >= 4 is 5.69 Å². The molecular formula is C14H16F3N3. The zero-order valence-corrected chi connectivity index (χ0v) is 11.1. The van der Waals surface area contributed by atoms with E-state index in [0.29, 0.717) is 23.5 Å². The predicted molar refractivity (Wildman–Crippen MR) is 72.0 cm³/mol. The van der Waals surface area contributed by atoms with Gasteiger partial charge >= 0.3 is 6.18 Å². The Balaban J connectivity index is 2.34. The van der Waals surface area contributed by atoms with Crippen LogP contribution in [0.4, 0.5) is 18.9 Å². The maximum Gasteiger partial charge on any atom is 0.416 e. The van der Waals surface area contributed by atoms with Gasteiger partial charge in [0.15, 0.2) is 0 Å². The largest absolute Gasteiger partial charge is 0.416 e. The molecule has 0 saturated heterocycles. The molecule has 1 heterocycles. The van der Waals surface area contributed by atoms with Crippen LogP contribution in [0.25, 0.3) is 11.3 Å². The van der Waals surface area contributed by atoms with E-state index in [-0.39, 0.29) is 0 Å². The van der Waals surface area contributed by atoms with Crippen molar-refractivity contribution in [3.05, 3.63) is 36.0 Å². The second kappa shape index (κ2) is 5.56. The third-order valence-electron chi connectivity index (χ3n) is 2.99. The molecule has 2 aromatic rings. The number of benzene rings is 1. The Hall–Kier alpha value is -1.98. The molecule has 6 heteroatoms. The summed E-state index contributed by atoms with van der Waals surface area (Å²) >= 11 is 0. The predicted octanol–water partition coefficient (Wildman–Crippen LogP) is 3.95. The van der Waals surface area contributed by atoms with E-state index in [1.54, 1.807) is 16.9 Å². The summed E-state index contributed by atoms with van der Waals surface area (Å²) < 4.78 is 39.8. The maximum absolute atomic E-state index is 12.7. The lowest BCUT2D eigenvalue weighted by atomic mass is 10.1. The van der Waals surface area contributed by atoms with Gasteiger partial charge in [0.1, 0.15) is 5.69 Å². The Labute approximate surface area is 115 Å². The van der Waals surface area contributed by atoms with Gasteiger partial charge in [-0.1, -0.05) is 25.5 Å². The van der Waals surface area contributed by atoms with E-state index in [4.69, 9.17) is 5.73 Å². The highest BCUT2D eigenvalue weighted by Gasteiger charge is 2.30. The minimum atomic E-state index is -4.37. The van der Waals surface area contributed by atoms with Crippen molar-refractivity contribution in [2.24, 2.45) is 0 Å². The third-order valence-corrected chi connectivity index (χ3v) is 2.99. The summed E-state index contributed by atoms with van der Waals surface area (Å²) in [5.41, 5.74) is 6.31. The number of hydrogen-bond acceptors (Lipinski definition) is 2. The van der Waals surface area contributed by atoms with Crippen molar-refractivity contribution in [2.45, 2.75) is 32.5 Å². The Morgan fingerprint density at radius 2 is 2.05 bits per heavy atom. The molecule has 0 aliphatic rings. The highest BCUT2D eigenvalue weighted by atomic mass is 19.4. The smallest absolute Gasteiger partial charge is 0.396 e. The first kappa shape index (κ1) is 14.4. The van der Waals surface area contributed by atoms with E-state index in [2.05, 4.69) is 12.0 Å². The minimum absolute atomic E-state index is 0.382. The molecule has 0 bridgehead atoms. The summed E-state index contributed by atoms with van der Waals surface area (Å²) in [6, 6.07) is 5.05. The van der Waals surface area contributed by atoms with Crippen LogP contribution >= 0.6 is 0 Å². The third kappa shape index (κ3) is 3.12. The fourth-order valence-electron chi connectivity index (χ4n) is 1.94. The van der Waals surface area contributed by atoms with Crippen molar-refractivity contribution in [3.63, 3.8) is 0 Å². The molecule has 0 fully saturated rings. The first-order chi connectivity index (χ1) is 9.41. The van der Waals surface area contributed by atoms with E-state index in [0.717, 1.165) is 25.0 Å². The number of nitrogen functional groups attached to an aromatic ring is 1. The van der Waals surface area contributed by atoms with Gasteiger partial charge in [-0.3, -0.25) is 4.68 Å². The molecule has 2 rings (SSSR count). The molecule has 0 saturated carbocycles. The molecule has 0 amide bonds.